The third-order valence-electron chi connectivity index (χ3n) is 3.63. The van der Waals surface area contributed by atoms with Crippen molar-refractivity contribution in [2.75, 3.05) is 6.61 Å². The van der Waals surface area contributed by atoms with Crippen LogP contribution in [0.2, 0.25) is 0 Å². The zero-order valence-corrected chi connectivity index (χ0v) is 11.5. The highest BCUT2D eigenvalue weighted by Crippen LogP contribution is 2.30. The number of aromatic amines is 3. The van der Waals surface area contributed by atoms with Gasteiger partial charge in [0.25, 0.3) is 5.56 Å². The third-order valence-corrected chi connectivity index (χ3v) is 3.63. The number of H-pyrrole nitrogens is 3. The molecule has 4 atom stereocenters. The van der Waals surface area contributed by atoms with E-state index in [2.05, 4.69) is 20.3 Å². The van der Waals surface area contributed by atoms with Crippen molar-refractivity contribution in [2.24, 2.45) is 0 Å². The van der Waals surface area contributed by atoms with E-state index in [0.717, 1.165) is 0 Å². The molecule has 0 aromatic carbocycles. The Labute approximate surface area is 123 Å². The van der Waals surface area contributed by atoms with E-state index in [1.165, 1.54) is 6.20 Å². The van der Waals surface area contributed by atoms with E-state index in [9.17, 15) is 19.8 Å². The number of hydrogen-bond acceptors (Lipinski definition) is 6. The topological polar surface area (TPSA) is 154 Å². The average Bonchev–Trinajstić information content (AvgIpc) is 2.93. The quantitative estimate of drug-likeness (QED) is 0.330. The van der Waals surface area contributed by atoms with Gasteiger partial charge in [0.1, 0.15) is 11.6 Å². The molecule has 7 N–H and O–H groups in total. The van der Waals surface area contributed by atoms with Gasteiger partial charge in [0.05, 0.1) is 30.3 Å². The number of aliphatic hydroxyl groups is 3. The van der Waals surface area contributed by atoms with E-state index in [1.807, 2.05) is 0 Å². The first kappa shape index (κ1) is 15.7. The Hall–Kier alpha value is -1.65. The van der Waals surface area contributed by atoms with Crippen molar-refractivity contribution < 1.29 is 15.3 Å². The second-order valence-electron chi connectivity index (χ2n) is 4.82. The van der Waals surface area contributed by atoms with Gasteiger partial charge in [-0.3, -0.25) is 9.78 Å². The molecule has 2 aromatic heterocycles. The number of aromatic nitrogens is 3. The maximum Gasteiger partial charge on any atom is 0.326 e. The van der Waals surface area contributed by atoms with Gasteiger partial charge < -0.3 is 30.6 Å². The number of nitrogens with one attached hydrogen (secondary N) is 4. The standard InChI is InChI=1S/C11H14N4O5.ClH/c16-2-4-8(17)9(18)6(13-4)3-1-12-7-5(3)14-11(20)15-10(7)19;/h1,4,6,8-9,12-13,16-18H,2H2,(H2,14,15,19,20);1H/t4-,6+,8-,9+;/m1./s1. The van der Waals surface area contributed by atoms with E-state index < -0.39 is 35.5 Å². The molecule has 1 aliphatic heterocycles. The lowest BCUT2D eigenvalue weighted by molar-refractivity contribution is 0.0196. The molecule has 2 aromatic rings. The molecule has 1 saturated heterocycles. The van der Waals surface area contributed by atoms with Gasteiger partial charge in [-0.1, -0.05) is 0 Å². The molecule has 3 heterocycles. The molecule has 0 aliphatic carbocycles. The maximum absolute atomic E-state index is 11.6. The molecule has 0 radical (unpaired) electrons. The van der Waals surface area contributed by atoms with E-state index in [0.29, 0.717) is 5.56 Å². The second kappa shape index (κ2) is 5.62. The Bertz CT molecular complexity index is 753. The van der Waals surface area contributed by atoms with Gasteiger partial charge in [-0.2, -0.15) is 0 Å². The molecule has 3 rings (SSSR count). The summed E-state index contributed by atoms with van der Waals surface area (Å²) in [5.41, 5.74) is -0.334. The minimum Gasteiger partial charge on any atom is -0.395 e. The first-order valence-corrected chi connectivity index (χ1v) is 6.09. The van der Waals surface area contributed by atoms with Crippen LogP contribution in [-0.2, 0) is 0 Å². The average molecular weight is 319 g/mol. The molecule has 0 amide bonds. The van der Waals surface area contributed by atoms with Gasteiger partial charge in [0.15, 0.2) is 0 Å². The maximum atomic E-state index is 11.6. The molecule has 0 bridgehead atoms. The number of rotatable bonds is 2. The Morgan fingerprint density at radius 2 is 1.81 bits per heavy atom. The summed E-state index contributed by atoms with van der Waals surface area (Å²) in [6, 6.07) is -1.37. The summed E-state index contributed by atoms with van der Waals surface area (Å²) in [4.78, 5) is 30.2. The molecule has 0 saturated carbocycles. The summed E-state index contributed by atoms with van der Waals surface area (Å²) in [5.74, 6) is 0. The van der Waals surface area contributed by atoms with Gasteiger partial charge in [0, 0.05) is 11.8 Å². The van der Waals surface area contributed by atoms with Crippen molar-refractivity contribution in [1.29, 1.82) is 0 Å². The van der Waals surface area contributed by atoms with Gasteiger partial charge in [-0.05, 0) is 0 Å². The molecule has 9 nitrogen and oxygen atoms in total. The molecule has 0 spiro atoms. The minimum atomic E-state index is -1.16. The van der Waals surface area contributed by atoms with Crippen LogP contribution in [0.15, 0.2) is 15.8 Å². The van der Waals surface area contributed by atoms with Crippen molar-refractivity contribution in [1.82, 2.24) is 20.3 Å². The second-order valence-corrected chi connectivity index (χ2v) is 4.82. The molecule has 21 heavy (non-hydrogen) atoms. The van der Waals surface area contributed by atoms with Crippen LogP contribution >= 0.6 is 12.4 Å². The summed E-state index contributed by atoms with van der Waals surface area (Å²) < 4.78 is 0. The van der Waals surface area contributed by atoms with E-state index in [1.54, 1.807) is 0 Å². The monoisotopic (exact) mass is 318 g/mol. The van der Waals surface area contributed by atoms with Crippen LogP contribution in [0.1, 0.15) is 11.6 Å². The largest absolute Gasteiger partial charge is 0.395 e. The number of fused-ring (bicyclic) bond motifs is 1. The van der Waals surface area contributed by atoms with Crippen LogP contribution in [-0.4, -0.2) is 55.1 Å². The predicted octanol–water partition coefficient (Wildman–Crippen LogP) is -2.31. The smallest absolute Gasteiger partial charge is 0.326 e. The molecular weight excluding hydrogens is 304 g/mol. The fourth-order valence-corrected chi connectivity index (χ4v) is 2.61. The van der Waals surface area contributed by atoms with Crippen molar-refractivity contribution in [3.05, 3.63) is 32.6 Å². The van der Waals surface area contributed by atoms with Crippen LogP contribution < -0.4 is 16.6 Å². The van der Waals surface area contributed by atoms with Crippen LogP contribution in [0.5, 0.6) is 0 Å². The fraction of sp³-hybridized carbons (Fsp3) is 0.455. The summed E-state index contributed by atoms with van der Waals surface area (Å²) in [5, 5.41) is 31.8. The Morgan fingerprint density at radius 3 is 2.43 bits per heavy atom. The van der Waals surface area contributed by atoms with Crippen molar-refractivity contribution >= 4 is 23.4 Å². The lowest BCUT2D eigenvalue weighted by Crippen LogP contribution is -2.35. The number of halogens is 1. The molecule has 116 valence electrons. The van der Waals surface area contributed by atoms with E-state index in [4.69, 9.17) is 5.11 Å². The van der Waals surface area contributed by atoms with E-state index in [-0.39, 0.29) is 30.0 Å². The van der Waals surface area contributed by atoms with Gasteiger partial charge >= 0.3 is 5.69 Å². The van der Waals surface area contributed by atoms with Crippen LogP contribution in [0.3, 0.4) is 0 Å². The molecule has 1 fully saturated rings. The predicted molar refractivity (Wildman–Crippen MR) is 75.6 cm³/mol. The lowest BCUT2D eigenvalue weighted by Gasteiger charge is -2.14. The fourth-order valence-electron chi connectivity index (χ4n) is 2.61. The van der Waals surface area contributed by atoms with Crippen LogP contribution in [0.25, 0.3) is 11.0 Å². The van der Waals surface area contributed by atoms with Gasteiger partial charge in [-0.25, -0.2) is 4.79 Å². The van der Waals surface area contributed by atoms with Crippen LogP contribution in [0.4, 0.5) is 0 Å². The summed E-state index contributed by atoms with van der Waals surface area (Å²) >= 11 is 0. The summed E-state index contributed by atoms with van der Waals surface area (Å²) in [6.07, 6.45) is -0.818. The minimum absolute atomic E-state index is 0. The number of aliphatic hydroxyl groups excluding tert-OH is 3. The summed E-state index contributed by atoms with van der Waals surface area (Å²) in [7, 11) is 0. The molecular formula is C11H15ClN4O5. The molecule has 0 unspecified atom stereocenters. The number of hydrogen-bond donors (Lipinski definition) is 7. The van der Waals surface area contributed by atoms with Gasteiger partial charge in [0.2, 0.25) is 0 Å². The molecule has 1 aliphatic rings. The zero-order chi connectivity index (χ0) is 14.4. The van der Waals surface area contributed by atoms with Crippen LogP contribution in [0, 0.1) is 0 Å². The zero-order valence-electron chi connectivity index (χ0n) is 10.7. The lowest BCUT2D eigenvalue weighted by atomic mass is 10.0. The Kier molecular flexibility index (Phi) is 4.21. The van der Waals surface area contributed by atoms with Gasteiger partial charge in [-0.15, -0.1) is 12.4 Å². The van der Waals surface area contributed by atoms with Crippen molar-refractivity contribution in [2.45, 2.75) is 24.3 Å². The summed E-state index contributed by atoms with van der Waals surface area (Å²) in [6.45, 7) is -0.339. The Balaban J connectivity index is 0.00000161. The van der Waals surface area contributed by atoms with Crippen molar-refractivity contribution in [3.63, 3.8) is 0 Å². The highest BCUT2D eigenvalue weighted by Gasteiger charge is 2.42. The SMILES string of the molecule is Cl.O=c1[nH]c(=O)c2[nH]cc([C@@H]3N[C@H](CO)[C@@H](O)[C@H]3O)c2[nH]1. The highest BCUT2D eigenvalue weighted by atomic mass is 35.5. The van der Waals surface area contributed by atoms with E-state index >= 15 is 0 Å². The highest BCUT2D eigenvalue weighted by molar-refractivity contribution is 5.85. The normalized spacial score (nSPS) is 28.7. The Morgan fingerprint density at radius 1 is 1.10 bits per heavy atom. The van der Waals surface area contributed by atoms with Crippen molar-refractivity contribution in [3.8, 4) is 0 Å². The molecule has 10 heteroatoms. The first-order chi connectivity index (χ1) is 9.52. The first-order valence-electron chi connectivity index (χ1n) is 6.09. The third kappa shape index (κ3) is 2.39.